The number of nitrogens with zero attached hydrogens (tertiary/aromatic N) is 4. The van der Waals surface area contributed by atoms with Gasteiger partial charge in [0.15, 0.2) is 5.76 Å². The topological polar surface area (TPSA) is 101 Å². The molecule has 2 aliphatic heterocycles. The molecule has 0 bridgehead atoms. The molecule has 1 N–H and O–H groups in total. The molecule has 9 nitrogen and oxygen atoms in total. The van der Waals surface area contributed by atoms with Gasteiger partial charge in [-0.1, -0.05) is 6.42 Å². The number of benzene rings is 1. The van der Waals surface area contributed by atoms with E-state index in [0.717, 1.165) is 25.9 Å². The number of ether oxygens (including phenoxy) is 1. The van der Waals surface area contributed by atoms with E-state index >= 15 is 0 Å². The predicted octanol–water partition coefficient (Wildman–Crippen LogP) is 4.68. The highest BCUT2D eigenvalue weighted by atomic mass is 32.2. The van der Waals surface area contributed by atoms with Gasteiger partial charge in [0.25, 0.3) is 0 Å². The van der Waals surface area contributed by atoms with Gasteiger partial charge in [-0.05, 0) is 56.3 Å². The van der Waals surface area contributed by atoms with Gasteiger partial charge in [-0.3, -0.25) is 4.90 Å². The van der Waals surface area contributed by atoms with Crippen molar-refractivity contribution in [2.75, 3.05) is 44.4 Å². The van der Waals surface area contributed by atoms with Crippen LogP contribution in [-0.4, -0.2) is 66.6 Å². The van der Waals surface area contributed by atoms with Gasteiger partial charge in [-0.2, -0.15) is 17.5 Å². The molecule has 210 valence electrons. The fourth-order valence-corrected chi connectivity index (χ4v) is 5.58. The summed E-state index contributed by atoms with van der Waals surface area (Å²) in [5, 5.41) is 2.93. The number of aromatic nitrogens is 2. The molecule has 0 radical (unpaired) electrons. The third-order valence-electron chi connectivity index (χ3n) is 6.86. The molecule has 2 aromatic heterocycles. The van der Waals surface area contributed by atoms with Crippen LogP contribution >= 0.6 is 0 Å². The Hall–Kier alpha value is -3.16. The van der Waals surface area contributed by atoms with Gasteiger partial charge in [0, 0.05) is 43.5 Å². The Balaban J connectivity index is 1.31. The molecule has 0 aliphatic carbocycles. The molecule has 1 aromatic carbocycles. The maximum atomic E-state index is 13.8. The standard InChI is InChI=1S/C26H30F3N5O4S/c1-39(35,36)34-12-9-22-18(17-34)15-23(38-22)24-21(26(27,28)29)16-30-25(32-24)31-19-5-7-20(8-6-19)37-14-13-33-10-3-2-4-11-33/h5-8,15-16H,2-4,9-14,17H2,1H3,(H,30,31,32). The van der Waals surface area contributed by atoms with Crippen molar-refractivity contribution < 1.29 is 30.7 Å². The van der Waals surface area contributed by atoms with E-state index in [1.54, 1.807) is 24.3 Å². The zero-order valence-corrected chi connectivity index (χ0v) is 22.3. The minimum absolute atomic E-state index is 0.0294. The first-order valence-corrected chi connectivity index (χ1v) is 14.6. The number of anilines is 2. The van der Waals surface area contributed by atoms with Gasteiger partial charge in [-0.15, -0.1) is 0 Å². The lowest BCUT2D eigenvalue weighted by Crippen LogP contribution is -2.34. The Labute approximate surface area is 225 Å². The van der Waals surface area contributed by atoms with Crippen LogP contribution in [-0.2, 0) is 29.2 Å². The van der Waals surface area contributed by atoms with Crippen molar-refractivity contribution in [3.8, 4) is 17.2 Å². The molecule has 0 spiro atoms. The Morgan fingerprint density at radius 2 is 1.85 bits per heavy atom. The Bertz CT molecular complexity index is 1400. The van der Waals surface area contributed by atoms with Crippen LogP contribution in [0.4, 0.5) is 24.8 Å². The summed E-state index contributed by atoms with van der Waals surface area (Å²) in [5.74, 6) is 1.01. The average Bonchev–Trinajstić information content (AvgIpc) is 3.33. The smallest absolute Gasteiger partial charge is 0.420 e. The van der Waals surface area contributed by atoms with Crippen LogP contribution in [0.2, 0.25) is 0 Å². The maximum Gasteiger partial charge on any atom is 0.420 e. The second-order valence-corrected chi connectivity index (χ2v) is 11.7. The van der Waals surface area contributed by atoms with Crippen molar-refractivity contribution in [2.45, 2.75) is 38.4 Å². The van der Waals surface area contributed by atoms with Crippen LogP contribution in [0.3, 0.4) is 0 Å². The second kappa shape index (κ2) is 11.1. The van der Waals surface area contributed by atoms with Crippen LogP contribution in [0.5, 0.6) is 5.75 Å². The molecule has 5 rings (SSSR count). The maximum absolute atomic E-state index is 13.8. The molecule has 2 aliphatic rings. The number of alkyl halides is 3. The van der Waals surface area contributed by atoms with Crippen LogP contribution in [0.15, 0.2) is 40.9 Å². The molecular weight excluding hydrogens is 535 g/mol. The lowest BCUT2D eigenvalue weighted by atomic mass is 10.1. The zero-order chi connectivity index (χ0) is 27.6. The van der Waals surface area contributed by atoms with Gasteiger partial charge in [-0.25, -0.2) is 18.4 Å². The van der Waals surface area contributed by atoms with Crippen molar-refractivity contribution >= 4 is 21.7 Å². The first-order valence-electron chi connectivity index (χ1n) is 12.8. The fourth-order valence-electron chi connectivity index (χ4n) is 4.78. The summed E-state index contributed by atoms with van der Waals surface area (Å²) in [6.45, 7) is 3.86. The van der Waals surface area contributed by atoms with Crippen molar-refractivity contribution in [2.24, 2.45) is 0 Å². The van der Waals surface area contributed by atoms with Crippen molar-refractivity contribution in [1.82, 2.24) is 19.2 Å². The number of piperidine rings is 1. The van der Waals surface area contributed by atoms with E-state index in [1.165, 1.54) is 29.6 Å². The minimum Gasteiger partial charge on any atom is -0.492 e. The number of rotatable bonds is 8. The highest BCUT2D eigenvalue weighted by molar-refractivity contribution is 7.88. The molecule has 3 aromatic rings. The van der Waals surface area contributed by atoms with E-state index < -0.39 is 27.5 Å². The number of halogens is 3. The summed E-state index contributed by atoms with van der Waals surface area (Å²) >= 11 is 0. The summed E-state index contributed by atoms with van der Waals surface area (Å²) in [6.07, 6.45) is 1.07. The lowest BCUT2D eigenvalue weighted by molar-refractivity contribution is -0.137. The van der Waals surface area contributed by atoms with Crippen LogP contribution in [0, 0.1) is 0 Å². The first-order chi connectivity index (χ1) is 18.6. The quantitative estimate of drug-likeness (QED) is 0.420. The van der Waals surface area contributed by atoms with Crippen molar-refractivity contribution in [3.05, 3.63) is 53.4 Å². The highest BCUT2D eigenvalue weighted by Gasteiger charge is 2.37. The summed E-state index contributed by atoms with van der Waals surface area (Å²) in [4.78, 5) is 10.4. The number of furan rings is 1. The molecule has 1 saturated heterocycles. The number of sulfonamides is 1. The van der Waals surface area contributed by atoms with Crippen LogP contribution in [0.25, 0.3) is 11.5 Å². The van der Waals surface area contributed by atoms with Gasteiger partial charge in [0.1, 0.15) is 29.4 Å². The summed E-state index contributed by atoms with van der Waals surface area (Å²) < 4.78 is 78.1. The largest absolute Gasteiger partial charge is 0.492 e. The second-order valence-electron chi connectivity index (χ2n) is 9.76. The zero-order valence-electron chi connectivity index (χ0n) is 21.5. The predicted molar refractivity (Wildman–Crippen MR) is 139 cm³/mol. The minimum atomic E-state index is -4.72. The number of fused-ring (bicyclic) bond motifs is 1. The first kappa shape index (κ1) is 27.4. The van der Waals surface area contributed by atoms with Crippen molar-refractivity contribution in [1.29, 1.82) is 0 Å². The lowest BCUT2D eigenvalue weighted by Gasteiger charge is -2.26. The Morgan fingerprint density at radius 3 is 2.54 bits per heavy atom. The van der Waals surface area contributed by atoms with E-state index in [0.29, 0.717) is 35.6 Å². The molecular formula is C26H30F3N5O4S. The molecule has 39 heavy (non-hydrogen) atoms. The third-order valence-corrected chi connectivity index (χ3v) is 8.11. The summed E-state index contributed by atoms with van der Waals surface area (Å²) in [5.41, 5.74) is -0.375. The van der Waals surface area contributed by atoms with E-state index in [1.807, 2.05) is 0 Å². The average molecular weight is 566 g/mol. The molecule has 0 unspecified atom stereocenters. The van der Waals surface area contributed by atoms with E-state index in [4.69, 9.17) is 9.15 Å². The van der Waals surface area contributed by atoms with Crippen LogP contribution in [0.1, 0.15) is 36.1 Å². The molecule has 0 atom stereocenters. The fraction of sp³-hybridized carbons (Fsp3) is 0.462. The van der Waals surface area contributed by atoms with Gasteiger partial charge < -0.3 is 14.5 Å². The summed E-state index contributed by atoms with van der Waals surface area (Å²) in [7, 11) is -3.45. The molecule has 13 heteroatoms. The van der Waals surface area contributed by atoms with Crippen molar-refractivity contribution in [3.63, 3.8) is 0 Å². The van der Waals surface area contributed by atoms with E-state index in [2.05, 4.69) is 20.2 Å². The molecule has 0 amide bonds. The highest BCUT2D eigenvalue weighted by Crippen LogP contribution is 2.38. The number of nitrogens with one attached hydrogen (secondary N) is 1. The third kappa shape index (κ3) is 6.71. The normalized spacial score (nSPS) is 17.1. The molecule has 1 fully saturated rings. The van der Waals surface area contributed by atoms with E-state index in [9.17, 15) is 21.6 Å². The molecule has 0 saturated carbocycles. The van der Waals surface area contributed by atoms with Crippen LogP contribution < -0.4 is 10.1 Å². The summed E-state index contributed by atoms with van der Waals surface area (Å²) in [6, 6.07) is 8.45. The molecule has 4 heterocycles. The number of hydrogen-bond donors (Lipinski definition) is 1. The SMILES string of the molecule is CS(=O)(=O)N1CCc2oc(-c3nc(Nc4ccc(OCCN5CCCCC5)cc4)ncc3C(F)(F)F)cc2C1. The monoisotopic (exact) mass is 565 g/mol. The Morgan fingerprint density at radius 1 is 1.10 bits per heavy atom. The van der Waals surface area contributed by atoms with Gasteiger partial charge in [0.05, 0.1) is 6.26 Å². The number of hydrogen-bond acceptors (Lipinski definition) is 8. The van der Waals surface area contributed by atoms with Gasteiger partial charge in [0.2, 0.25) is 16.0 Å². The Kier molecular flexibility index (Phi) is 7.83. The van der Waals surface area contributed by atoms with Gasteiger partial charge >= 0.3 is 6.18 Å². The van der Waals surface area contributed by atoms with E-state index in [-0.39, 0.29) is 31.2 Å². The number of likely N-dealkylation sites (tertiary alicyclic amines) is 1.